The van der Waals surface area contributed by atoms with Crippen molar-refractivity contribution in [2.24, 2.45) is 0 Å². The van der Waals surface area contributed by atoms with E-state index < -0.39 is 0 Å². The van der Waals surface area contributed by atoms with Crippen molar-refractivity contribution < 1.29 is 4.79 Å². The van der Waals surface area contributed by atoms with Crippen LogP contribution in [0.15, 0.2) is 18.3 Å². The highest BCUT2D eigenvalue weighted by molar-refractivity contribution is 5.95. The zero-order chi connectivity index (χ0) is 10.7. The van der Waals surface area contributed by atoms with Crippen LogP contribution in [0.4, 0.5) is 0 Å². The lowest BCUT2D eigenvalue weighted by atomic mass is 10.1. The second-order valence-corrected chi connectivity index (χ2v) is 3.80. The number of aryl methyl sites for hydroxylation is 1. The van der Waals surface area contributed by atoms with Gasteiger partial charge in [0.1, 0.15) is 0 Å². The Morgan fingerprint density at radius 2 is 2.53 bits per heavy atom. The Hall–Kier alpha value is -1.42. The summed E-state index contributed by atoms with van der Waals surface area (Å²) in [7, 11) is 0. The molecule has 1 aromatic heterocycles. The zero-order valence-electron chi connectivity index (χ0n) is 8.79. The van der Waals surface area contributed by atoms with E-state index in [1.807, 2.05) is 6.92 Å². The number of nitrogens with zero attached hydrogens (tertiary/aromatic N) is 1. The summed E-state index contributed by atoms with van der Waals surface area (Å²) in [5.41, 5.74) is 1.45. The Morgan fingerprint density at radius 3 is 3.20 bits per heavy atom. The van der Waals surface area contributed by atoms with Crippen molar-refractivity contribution in [3.05, 3.63) is 29.6 Å². The van der Waals surface area contributed by atoms with Crippen molar-refractivity contribution in [2.75, 3.05) is 13.1 Å². The highest BCUT2D eigenvalue weighted by Crippen LogP contribution is 2.05. The fourth-order valence-electron chi connectivity index (χ4n) is 1.77. The topological polar surface area (TPSA) is 54.0 Å². The van der Waals surface area contributed by atoms with E-state index in [1.165, 1.54) is 0 Å². The molecule has 2 heterocycles. The second-order valence-electron chi connectivity index (χ2n) is 3.80. The predicted octanol–water partition coefficient (Wildman–Crippen LogP) is 0.482. The van der Waals surface area contributed by atoms with Gasteiger partial charge in [0.15, 0.2) is 0 Å². The van der Waals surface area contributed by atoms with Gasteiger partial charge in [-0.15, -0.1) is 0 Å². The van der Waals surface area contributed by atoms with Gasteiger partial charge in [0.2, 0.25) is 0 Å². The number of pyridine rings is 1. The predicted molar refractivity (Wildman–Crippen MR) is 57.7 cm³/mol. The van der Waals surface area contributed by atoms with Crippen LogP contribution >= 0.6 is 0 Å². The van der Waals surface area contributed by atoms with Crippen LogP contribution in [0.25, 0.3) is 0 Å². The molecule has 0 radical (unpaired) electrons. The summed E-state index contributed by atoms with van der Waals surface area (Å²) in [6.07, 6.45) is 2.70. The first-order chi connectivity index (χ1) is 7.27. The maximum atomic E-state index is 11.8. The van der Waals surface area contributed by atoms with E-state index in [0.717, 1.165) is 25.2 Å². The molecule has 4 nitrogen and oxygen atoms in total. The van der Waals surface area contributed by atoms with E-state index in [2.05, 4.69) is 15.6 Å². The maximum absolute atomic E-state index is 11.8. The lowest BCUT2D eigenvalue weighted by Crippen LogP contribution is -2.36. The molecule has 0 aromatic carbocycles. The van der Waals surface area contributed by atoms with Gasteiger partial charge in [-0.05, 0) is 32.0 Å². The third kappa shape index (κ3) is 2.33. The molecular weight excluding hydrogens is 190 g/mol. The molecule has 1 aliphatic heterocycles. The fraction of sp³-hybridized carbons (Fsp3) is 0.455. The average molecular weight is 205 g/mol. The molecular formula is C11H15N3O. The number of hydrogen-bond acceptors (Lipinski definition) is 3. The largest absolute Gasteiger partial charge is 0.348 e. The Morgan fingerprint density at radius 1 is 1.67 bits per heavy atom. The molecule has 1 amide bonds. The van der Waals surface area contributed by atoms with Crippen LogP contribution in [0.5, 0.6) is 0 Å². The lowest BCUT2D eigenvalue weighted by Gasteiger charge is -2.11. The standard InChI is InChI=1S/C11H15N3O/c1-8-10(3-2-5-13-8)11(15)14-9-4-6-12-7-9/h2-3,5,9,12H,4,6-7H2,1H3,(H,14,15)/t9-/m1/s1. The van der Waals surface area contributed by atoms with E-state index in [9.17, 15) is 4.79 Å². The van der Waals surface area contributed by atoms with Crippen molar-refractivity contribution in [3.63, 3.8) is 0 Å². The van der Waals surface area contributed by atoms with Crippen LogP contribution < -0.4 is 10.6 Å². The third-order valence-corrected chi connectivity index (χ3v) is 2.65. The summed E-state index contributed by atoms with van der Waals surface area (Å²) in [5.74, 6) is -0.0192. The van der Waals surface area contributed by atoms with Gasteiger partial charge in [-0.2, -0.15) is 0 Å². The first kappa shape index (κ1) is 10.1. The third-order valence-electron chi connectivity index (χ3n) is 2.65. The molecule has 2 rings (SSSR count). The first-order valence-electron chi connectivity index (χ1n) is 5.20. The molecule has 0 aliphatic carbocycles. The molecule has 0 saturated carbocycles. The first-order valence-corrected chi connectivity index (χ1v) is 5.20. The van der Waals surface area contributed by atoms with Gasteiger partial charge in [0.05, 0.1) is 5.56 Å². The van der Waals surface area contributed by atoms with E-state index in [0.29, 0.717) is 5.56 Å². The Labute approximate surface area is 89.1 Å². The normalized spacial score (nSPS) is 20.2. The number of hydrogen-bond donors (Lipinski definition) is 2. The van der Waals surface area contributed by atoms with E-state index in [-0.39, 0.29) is 11.9 Å². The van der Waals surface area contributed by atoms with Gasteiger partial charge in [0, 0.05) is 24.5 Å². The molecule has 2 N–H and O–H groups in total. The molecule has 1 saturated heterocycles. The number of amides is 1. The van der Waals surface area contributed by atoms with Crippen LogP contribution in [0.3, 0.4) is 0 Å². The van der Waals surface area contributed by atoms with Crippen molar-refractivity contribution in [1.29, 1.82) is 0 Å². The Balaban J connectivity index is 2.04. The lowest BCUT2D eigenvalue weighted by molar-refractivity contribution is 0.0939. The van der Waals surface area contributed by atoms with Gasteiger partial charge < -0.3 is 10.6 Å². The minimum atomic E-state index is -0.0192. The summed E-state index contributed by atoms with van der Waals surface area (Å²) in [6.45, 7) is 3.70. The number of nitrogens with one attached hydrogen (secondary N) is 2. The molecule has 1 atom stereocenters. The van der Waals surface area contributed by atoms with Crippen LogP contribution in [0.2, 0.25) is 0 Å². The SMILES string of the molecule is Cc1ncccc1C(=O)N[C@@H]1CCNC1. The number of rotatable bonds is 2. The monoisotopic (exact) mass is 205 g/mol. The van der Waals surface area contributed by atoms with Crippen molar-refractivity contribution in [2.45, 2.75) is 19.4 Å². The quantitative estimate of drug-likeness (QED) is 0.738. The Bertz CT molecular complexity index is 359. The second kappa shape index (κ2) is 4.40. The van der Waals surface area contributed by atoms with Crippen molar-refractivity contribution in [3.8, 4) is 0 Å². The number of carbonyl (C=O) groups is 1. The van der Waals surface area contributed by atoms with Gasteiger partial charge in [-0.25, -0.2) is 0 Å². The van der Waals surface area contributed by atoms with Crippen molar-refractivity contribution in [1.82, 2.24) is 15.6 Å². The molecule has 4 heteroatoms. The summed E-state index contributed by atoms with van der Waals surface area (Å²) in [5, 5.41) is 6.21. The Kier molecular flexibility index (Phi) is 2.97. The summed E-state index contributed by atoms with van der Waals surface area (Å²) < 4.78 is 0. The molecule has 1 aliphatic rings. The molecule has 1 aromatic rings. The summed E-state index contributed by atoms with van der Waals surface area (Å²) in [4.78, 5) is 15.9. The van der Waals surface area contributed by atoms with Crippen molar-refractivity contribution >= 4 is 5.91 Å². The highest BCUT2D eigenvalue weighted by Gasteiger charge is 2.18. The zero-order valence-corrected chi connectivity index (χ0v) is 8.79. The molecule has 0 unspecified atom stereocenters. The number of aromatic nitrogens is 1. The average Bonchev–Trinajstić information content (AvgIpc) is 2.71. The molecule has 15 heavy (non-hydrogen) atoms. The van der Waals surface area contributed by atoms with Crippen LogP contribution in [-0.4, -0.2) is 30.0 Å². The number of carbonyl (C=O) groups excluding carboxylic acids is 1. The molecule has 80 valence electrons. The molecule has 0 bridgehead atoms. The van der Waals surface area contributed by atoms with Gasteiger partial charge in [0.25, 0.3) is 5.91 Å². The molecule has 1 fully saturated rings. The van der Waals surface area contributed by atoms with E-state index >= 15 is 0 Å². The van der Waals surface area contributed by atoms with Gasteiger partial charge in [-0.1, -0.05) is 0 Å². The van der Waals surface area contributed by atoms with Crippen LogP contribution in [-0.2, 0) is 0 Å². The van der Waals surface area contributed by atoms with Crippen LogP contribution in [0.1, 0.15) is 22.5 Å². The minimum Gasteiger partial charge on any atom is -0.348 e. The highest BCUT2D eigenvalue weighted by atomic mass is 16.1. The van der Waals surface area contributed by atoms with E-state index in [1.54, 1.807) is 18.3 Å². The maximum Gasteiger partial charge on any atom is 0.253 e. The fourth-order valence-corrected chi connectivity index (χ4v) is 1.77. The van der Waals surface area contributed by atoms with E-state index in [4.69, 9.17) is 0 Å². The molecule has 0 spiro atoms. The van der Waals surface area contributed by atoms with Gasteiger partial charge >= 0.3 is 0 Å². The summed E-state index contributed by atoms with van der Waals surface area (Å²) in [6, 6.07) is 3.85. The smallest absolute Gasteiger partial charge is 0.253 e. The minimum absolute atomic E-state index is 0.0192. The summed E-state index contributed by atoms with van der Waals surface area (Å²) >= 11 is 0. The van der Waals surface area contributed by atoms with Gasteiger partial charge in [-0.3, -0.25) is 9.78 Å². The van der Waals surface area contributed by atoms with Crippen LogP contribution in [0, 0.1) is 6.92 Å².